The first-order valence-electron chi connectivity index (χ1n) is 5.44. The number of aromatic nitrogens is 2. The maximum absolute atomic E-state index is 9.26. The summed E-state index contributed by atoms with van der Waals surface area (Å²) in [6, 6.07) is 0. The molecule has 2 rings (SSSR count). The van der Waals surface area contributed by atoms with E-state index in [-0.39, 0.29) is 12.1 Å². The Hall–Kier alpha value is -1.40. The molecule has 0 spiro atoms. The van der Waals surface area contributed by atoms with Gasteiger partial charge in [-0.2, -0.15) is 0 Å². The number of rotatable bonds is 5. The number of nitrogens with zero attached hydrogens (tertiary/aromatic N) is 2. The first kappa shape index (κ1) is 11.1. The van der Waals surface area contributed by atoms with Crippen LogP contribution < -0.4 is 16.6 Å². The second kappa shape index (κ2) is 4.23. The third-order valence-electron chi connectivity index (χ3n) is 2.98. The summed E-state index contributed by atoms with van der Waals surface area (Å²) < 4.78 is 0. The molecule has 0 aromatic carbocycles. The van der Waals surface area contributed by atoms with Crippen molar-refractivity contribution in [1.29, 1.82) is 0 Å². The zero-order valence-corrected chi connectivity index (χ0v) is 9.32. The topological polar surface area (TPSA) is 96.1 Å². The average Bonchev–Trinajstić information content (AvgIpc) is 3.09. The van der Waals surface area contributed by atoms with Gasteiger partial charge in [-0.15, -0.1) is 0 Å². The van der Waals surface area contributed by atoms with Crippen LogP contribution >= 0.6 is 0 Å². The molecule has 1 saturated carbocycles. The summed E-state index contributed by atoms with van der Waals surface area (Å²) in [4.78, 5) is 8.26. The van der Waals surface area contributed by atoms with Gasteiger partial charge in [0.05, 0.1) is 12.1 Å². The van der Waals surface area contributed by atoms with E-state index in [0.29, 0.717) is 5.82 Å². The Morgan fingerprint density at radius 1 is 1.44 bits per heavy atom. The van der Waals surface area contributed by atoms with Crippen molar-refractivity contribution >= 4 is 11.6 Å². The zero-order chi connectivity index (χ0) is 11.6. The van der Waals surface area contributed by atoms with Crippen LogP contribution in [-0.2, 0) is 6.42 Å². The molecule has 88 valence electrons. The number of hydrogen-bond donors (Lipinski definition) is 4. The van der Waals surface area contributed by atoms with Crippen LogP contribution in [-0.4, -0.2) is 27.2 Å². The van der Waals surface area contributed by atoms with E-state index in [0.717, 1.165) is 30.6 Å². The fraction of sp³-hybridized carbons (Fsp3) is 0.600. The standard InChI is InChI=1S/C10H17N5O/c1-2-7-8(12-6-13-9(7)15-11)14-10(5-16)3-4-10/h6,16H,2-5,11H2,1H3,(H2,12,13,14,15). The number of hydrazine groups is 1. The highest BCUT2D eigenvalue weighted by Crippen LogP contribution is 2.39. The molecule has 0 saturated heterocycles. The van der Waals surface area contributed by atoms with Gasteiger partial charge in [-0.05, 0) is 19.3 Å². The van der Waals surface area contributed by atoms with Gasteiger partial charge in [-0.3, -0.25) is 0 Å². The second-order valence-corrected chi connectivity index (χ2v) is 4.11. The van der Waals surface area contributed by atoms with Gasteiger partial charge >= 0.3 is 0 Å². The molecule has 1 aliphatic carbocycles. The Bertz CT molecular complexity index is 377. The van der Waals surface area contributed by atoms with Crippen LogP contribution in [0.3, 0.4) is 0 Å². The largest absolute Gasteiger partial charge is 0.394 e. The summed E-state index contributed by atoms with van der Waals surface area (Å²) in [7, 11) is 0. The molecule has 5 N–H and O–H groups in total. The summed E-state index contributed by atoms with van der Waals surface area (Å²) in [5.41, 5.74) is 3.33. The first-order valence-corrected chi connectivity index (χ1v) is 5.44. The molecule has 1 aromatic rings. The number of aliphatic hydroxyl groups excluding tert-OH is 1. The summed E-state index contributed by atoms with van der Waals surface area (Å²) in [5, 5.41) is 12.5. The van der Waals surface area contributed by atoms with E-state index in [1.165, 1.54) is 6.33 Å². The van der Waals surface area contributed by atoms with E-state index in [1.807, 2.05) is 6.92 Å². The number of nitrogens with one attached hydrogen (secondary N) is 2. The van der Waals surface area contributed by atoms with Crippen LogP contribution in [0.4, 0.5) is 11.6 Å². The van der Waals surface area contributed by atoms with Crippen LogP contribution in [0, 0.1) is 0 Å². The van der Waals surface area contributed by atoms with Gasteiger partial charge in [0.25, 0.3) is 0 Å². The number of nitrogen functional groups attached to an aromatic ring is 1. The Balaban J connectivity index is 2.26. The monoisotopic (exact) mass is 223 g/mol. The molecule has 0 bridgehead atoms. The van der Waals surface area contributed by atoms with Crippen LogP contribution in [0.25, 0.3) is 0 Å². The van der Waals surface area contributed by atoms with Crippen molar-refractivity contribution in [1.82, 2.24) is 9.97 Å². The summed E-state index contributed by atoms with van der Waals surface area (Å²) in [6.07, 6.45) is 4.19. The number of hydrogen-bond acceptors (Lipinski definition) is 6. The molecule has 0 aliphatic heterocycles. The van der Waals surface area contributed by atoms with Gasteiger partial charge in [0, 0.05) is 5.56 Å². The van der Waals surface area contributed by atoms with E-state index in [9.17, 15) is 5.11 Å². The molecule has 1 aromatic heterocycles. The molecule has 0 radical (unpaired) electrons. The Morgan fingerprint density at radius 3 is 2.62 bits per heavy atom. The fourth-order valence-corrected chi connectivity index (χ4v) is 1.70. The maximum Gasteiger partial charge on any atom is 0.148 e. The van der Waals surface area contributed by atoms with E-state index in [1.54, 1.807) is 0 Å². The highest BCUT2D eigenvalue weighted by atomic mass is 16.3. The molecule has 6 heteroatoms. The SMILES string of the molecule is CCc1c(NN)ncnc1NC1(CO)CC1. The van der Waals surface area contributed by atoms with Crippen LogP contribution in [0.5, 0.6) is 0 Å². The predicted octanol–water partition coefficient (Wildman–Crippen LogP) is 0.261. The molecule has 1 fully saturated rings. The fourth-order valence-electron chi connectivity index (χ4n) is 1.70. The molecule has 1 aliphatic rings. The highest BCUT2D eigenvalue weighted by molar-refractivity contribution is 5.58. The lowest BCUT2D eigenvalue weighted by Gasteiger charge is -2.18. The summed E-state index contributed by atoms with van der Waals surface area (Å²) >= 11 is 0. The van der Waals surface area contributed by atoms with Crippen LogP contribution in [0.15, 0.2) is 6.33 Å². The minimum Gasteiger partial charge on any atom is -0.394 e. The molecule has 16 heavy (non-hydrogen) atoms. The minimum atomic E-state index is -0.176. The summed E-state index contributed by atoms with van der Waals surface area (Å²) in [5.74, 6) is 6.78. The van der Waals surface area contributed by atoms with Crippen LogP contribution in [0.1, 0.15) is 25.3 Å². The molecule has 1 heterocycles. The van der Waals surface area contributed by atoms with Gasteiger partial charge in [0.2, 0.25) is 0 Å². The molecule has 0 amide bonds. The van der Waals surface area contributed by atoms with Gasteiger partial charge in [-0.1, -0.05) is 6.92 Å². The van der Waals surface area contributed by atoms with E-state index in [2.05, 4.69) is 20.7 Å². The van der Waals surface area contributed by atoms with Gasteiger partial charge in [-0.25, -0.2) is 15.8 Å². The molecular formula is C10H17N5O. The van der Waals surface area contributed by atoms with E-state index < -0.39 is 0 Å². The minimum absolute atomic E-state index is 0.131. The predicted molar refractivity (Wildman–Crippen MR) is 61.9 cm³/mol. The third-order valence-corrected chi connectivity index (χ3v) is 2.98. The van der Waals surface area contributed by atoms with E-state index >= 15 is 0 Å². The van der Waals surface area contributed by atoms with E-state index in [4.69, 9.17) is 5.84 Å². The Kier molecular flexibility index (Phi) is 2.93. The van der Waals surface area contributed by atoms with Crippen molar-refractivity contribution in [3.05, 3.63) is 11.9 Å². The maximum atomic E-state index is 9.26. The zero-order valence-electron chi connectivity index (χ0n) is 9.32. The molecular weight excluding hydrogens is 206 g/mol. The molecule has 6 nitrogen and oxygen atoms in total. The lowest BCUT2D eigenvalue weighted by Crippen LogP contribution is -2.27. The van der Waals surface area contributed by atoms with Gasteiger partial charge in [0.15, 0.2) is 0 Å². The first-order chi connectivity index (χ1) is 7.74. The van der Waals surface area contributed by atoms with Crippen molar-refractivity contribution in [3.8, 4) is 0 Å². The van der Waals surface area contributed by atoms with Gasteiger partial charge < -0.3 is 15.8 Å². The van der Waals surface area contributed by atoms with Crippen molar-refractivity contribution in [3.63, 3.8) is 0 Å². The molecule has 0 unspecified atom stereocenters. The van der Waals surface area contributed by atoms with Crippen LogP contribution in [0.2, 0.25) is 0 Å². The number of aliphatic hydroxyl groups is 1. The molecule has 0 atom stereocenters. The van der Waals surface area contributed by atoms with Gasteiger partial charge in [0.1, 0.15) is 18.0 Å². The average molecular weight is 223 g/mol. The second-order valence-electron chi connectivity index (χ2n) is 4.11. The number of nitrogens with two attached hydrogens (primary N) is 1. The van der Waals surface area contributed by atoms with Crippen molar-refractivity contribution in [2.75, 3.05) is 17.3 Å². The van der Waals surface area contributed by atoms with Crippen molar-refractivity contribution in [2.45, 2.75) is 31.7 Å². The number of anilines is 2. The third kappa shape index (κ3) is 1.94. The normalized spacial score (nSPS) is 16.9. The Labute approximate surface area is 94.3 Å². The lowest BCUT2D eigenvalue weighted by molar-refractivity contribution is 0.266. The Morgan fingerprint density at radius 2 is 2.12 bits per heavy atom. The highest BCUT2D eigenvalue weighted by Gasteiger charge is 2.42. The van der Waals surface area contributed by atoms with Crippen molar-refractivity contribution < 1.29 is 5.11 Å². The van der Waals surface area contributed by atoms with Crippen molar-refractivity contribution in [2.24, 2.45) is 5.84 Å². The lowest BCUT2D eigenvalue weighted by atomic mass is 10.2. The summed E-state index contributed by atoms with van der Waals surface area (Å²) in [6.45, 7) is 2.15. The smallest absolute Gasteiger partial charge is 0.148 e. The quantitative estimate of drug-likeness (QED) is 0.422.